The van der Waals surface area contributed by atoms with E-state index in [1.807, 2.05) is 13.0 Å². The van der Waals surface area contributed by atoms with E-state index in [2.05, 4.69) is 20.4 Å². The van der Waals surface area contributed by atoms with Gasteiger partial charge < -0.3 is 5.32 Å². The van der Waals surface area contributed by atoms with Gasteiger partial charge in [0.05, 0.1) is 5.25 Å². The van der Waals surface area contributed by atoms with E-state index >= 15 is 0 Å². The van der Waals surface area contributed by atoms with Crippen molar-refractivity contribution >= 4 is 21.6 Å². The lowest BCUT2D eigenvalue weighted by molar-refractivity contribution is 0.587. The smallest absolute Gasteiger partial charge is 0.254 e. The third-order valence-corrected chi connectivity index (χ3v) is 4.09. The van der Waals surface area contributed by atoms with Crippen molar-refractivity contribution in [2.24, 2.45) is 5.14 Å². The normalized spacial score (nSPS) is 13.6. The summed E-state index contributed by atoms with van der Waals surface area (Å²) in [5.74, 6) is 1.12. The van der Waals surface area contributed by atoms with Crippen molar-refractivity contribution in [3.63, 3.8) is 0 Å². The van der Waals surface area contributed by atoms with Crippen molar-refractivity contribution in [3.05, 3.63) is 18.1 Å². The number of hydrogen-bond acceptors (Lipinski definition) is 6. The molecule has 0 bridgehead atoms. The van der Waals surface area contributed by atoms with Crippen LogP contribution >= 0.6 is 0 Å². The molecule has 0 saturated carbocycles. The minimum Gasteiger partial charge on any atom is -0.369 e. The molecule has 0 aliphatic heterocycles. The van der Waals surface area contributed by atoms with Gasteiger partial charge in [-0.25, -0.2) is 18.5 Å². The van der Waals surface area contributed by atoms with Gasteiger partial charge in [0, 0.05) is 18.3 Å². The van der Waals surface area contributed by atoms with Gasteiger partial charge in [0.2, 0.25) is 10.0 Å². The van der Waals surface area contributed by atoms with Crippen molar-refractivity contribution in [2.45, 2.75) is 25.5 Å². The van der Waals surface area contributed by atoms with E-state index in [-0.39, 0.29) is 6.54 Å². The van der Waals surface area contributed by atoms with Crippen LogP contribution in [0.2, 0.25) is 0 Å². The molecule has 0 fully saturated rings. The first-order chi connectivity index (χ1) is 8.91. The minimum absolute atomic E-state index is 0.195. The molecule has 2 aromatic rings. The number of fused-ring (bicyclic) bond motifs is 1. The molecule has 0 aliphatic carbocycles. The zero-order valence-corrected chi connectivity index (χ0v) is 11.6. The van der Waals surface area contributed by atoms with Gasteiger partial charge in [-0.1, -0.05) is 6.92 Å². The Morgan fingerprint density at radius 3 is 2.89 bits per heavy atom. The summed E-state index contributed by atoms with van der Waals surface area (Å²) < 4.78 is 23.9. The third-order valence-electron chi connectivity index (χ3n) is 2.80. The molecule has 8 nitrogen and oxygen atoms in total. The Bertz CT molecular complexity index is 680. The van der Waals surface area contributed by atoms with Gasteiger partial charge in [-0.3, -0.25) is 0 Å². The molecule has 104 valence electrons. The standard InChI is InChI=1S/C10H16N6O2S/c1-3-8-4-9(12-5-7(2)19(11,17)18)16-10(15-8)13-6-14-16/h4,6-7,12H,3,5H2,1-2H3,(H2,11,17,18). The van der Waals surface area contributed by atoms with E-state index in [1.54, 1.807) is 6.92 Å². The van der Waals surface area contributed by atoms with Gasteiger partial charge in [0.1, 0.15) is 12.1 Å². The van der Waals surface area contributed by atoms with Crippen LogP contribution in [0.15, 0.2) is 12.4 Å². The maximum atomic E-state index is 11.2. The van der Waals surface area contributed by atoms with Crippen molar-refractivity contribution in [1.29, 1.82) is 0 Å². The van der Waals surface area contributed by atoms with Crippen LogP contribution in [0, 0.1) is 0 Å². The Balaban J connectivity index is 2.27. The van der Waals surface area contributed by atoms with Crippen LogP contribution in [0.1, 0.15) is 19.5 Å². The van der Waals surface area contributed by atoms with Crippen LogP contribution in [0.5, 0.6) is 0 Å². The molecule has 0 saturated heterocycles. The predicted octanol–water partition coefficient (Wildman–Crippen LogP) is -0.224. The fourth-order valence-corrected chi connectivity index (χ4v) is 1.85. The average molecular weight is 284 g/mol. The zero-order valence-electron chi connectivity index (χ0n) is 10.7. The summed E-state index contributed by atoms with van der Waals surface area (Å²) in [7, 11) is -3.55. The lowest BCUT2D eigenvalue weighted by atomic mass is 10.3. The highest BCUT2D eigenvalue weighted by molar-refractivity contribution is 7.89. The summed E-state index contributed by atoms with van der Waals surface area (Å²) in [4.78, 5) is 8.32. The Kier molecular flexibility index (Phi) is 3.67. The number of primary sulfonamides is 1. The van der Waals surface area contributed by atoms with Crippen LogP contribution in [-0.4, -0.2) is 39.8 Å². The molecule has 1 atom stereocenters. The fraction of sp³-hybridized carbons (Fsp3) is 0.500. The van der Waals surface area contributed by atoms with Crippen LogP contribution < -0.4 is 10.5 Å². The molecule has 19 heavy (non-hydrogen) atoms. The zero-order chi connectivity index (χ0) is 14.0. The van der Waals surface area contributed by atoms with Gasteiger partial charge in [0.15, 0.2) is 0 Å². The Labute approximate surface area is 111 Å². The van der Waals surface area contributed by atoms with Gasteiger partial charge in [0.25, 0.3) is 5.78 Å². The molecule has 3 N–H and O–H groups in total. The number of anilines is 1. The van der Waals surface area contributed by atoms with E-state index < -0.39 is 15.3 Å². The highest BCUT2D eigenvalue weighted by Gasteiger charge is 2.16. The van der Waals surface area contributed by atoms with Crippen LogP contribution in [0.25, 0.3) is 5.78 Å². The molecule has 2 rings (SSSR count). The second kappa shape index (κ2) is 5.10. The molecule has 2 aromatic heterocycles. The highest BCUT2D eigenvalue weighted by atomic mass is 32.2. The lowest BCUT2D eigenvalue weighted by Crippen LogP contribution is -2.32. The Morgan fingerprint density at radius 2 is 2.26 bits per heavy atom. The lowest BCUT2D eigenvalue weighted by Gasteiger charge is -2.12. The van der Waals surface area contributed by atoms with Crippen LogP contribution in [0.3, 0.4) is 0 Å². The predicted molar refractivity (Wildman–Crippen MR) is 71.2 cm³/mol. The topological polar surface area (TPSA) is 115 Å². The number of nitrogens with one attached hydrogen (secondary N) is 1. The first-order valence-corrected chi connectivity index (χ1v) is 7.48. The molecule has 0 radical (unpaired) electrons. The quantitative estimate of drug-likeness (QED) is 0.784. The molecular weight excluding hydrogens is 268 g/mol. The van der Waals surface area contributed by atoms with E-state index in [4.69, 9.17) is 5.14 Å². The van der Waals surface area contributed by atoms with Crippen molar-refractivity contribution < 1.29 is 8.42 Å². The number of aromatic nitrogens is 4. The molecule has 2 heterocycles. The number of sulfonamides is 1. The fourth-order valence-electron chi connectivity index (χ4n) is 1.53. The summed E-state index contributed by atoms with van der Waals surface area (Å²) >= 11 is 0. The van der Waals surface area contributed by atoms with Gasteiger partial charge in [-0.05, 0) is 13.3 Å². The van der Waals surface area contributed by atoms with E-state index in [0.29, 0.717) is 11.6 Å². The van der Waals surface area contributed by atoms with Gasteiger partial charge in [-0.2, -0.15) is 14.6 Å². The molecule has 9 heteroatoms. The number of aryl methyl sites for hydroxylation is 1. The maximum Gasteiger partial charge on any atom is 0.254 e. The van der Waals surface area contributed by atoms with E-state index in [0.717, 1.165) is 12.1 Å². The number of nitrogens with two attached hydrogens (primary N) is 1. The summed E-state index contributed by atoms with van der Waals surface area (Å²) in [6.45, 7) is 3.72. The van der Waals surface area contributed by atoms with Crippen molar-refractivity contribution in [3.8, 4) is 0 Å². The molecule has 0 aliphatic rings. The van der Waals surface area contributed by atoms with E-state index in [1.165, 1.54) is 10.8 Å². The summed E-state index contributed by atoms with van der Waals surface area (Å²) in [5.41, 5.74) is 0.853. The molecule has 0 spiro atoms. The molecular formula is C10H16N6O2S. The SMILES string of the molecule is CCc1cc(NCC(C)S(N)(=O)=O)n2ncnc2n1. The largest absolute Gasteiger partial charge is 0.369 e. The monoisotopic (exact) mass is 284 g/mol. The summed E-state index contributed by atoms with van der Waals surface area (Å²) in [5, 5.41) is 11.4. The molecule has 0 aromatic carbocycles. The molecule has 0 amide bonds. The summed E-state index contributed by atoms with van der Waals surface area (Å²) in [6, 6.07) is 1.82. The van der Waals surface area contributed by atoms with Crippen molar-refractivity contribution in [1.82, 2.24) is 19.6 Å². The Hall–Kier alpha value is -1.74. The second-order valence-corrected chi connectivity index (χ2v) is 6.22. The number of rotatable bonds is 5. The average Bonchev–Trinajstić information content (AvgIpc) is 2.82. The number of nitrogens with zero attached hydrogens (tertiary/aromatic N) is 4. The number of hydrogen-bond donors (Lipinski definition) is 2. The highest BCUT2D eigenvalue weighted by Crippen LogP contribution is 2.11. The maximum absolute atomic E-state index is 11.2. The van der Waals surface area contributed by atoms with Gasteiger partial charge >= 0.3 is 0 Å². The first-order valence-electron chi connectivity index (χ1n) is 5.87. The summed E-state index contributed by atoms with van der Waals surface area (Å²) in [6.07, 6.45) is 2.15. The van der Waals surface area contributed by atoms with E-state index in [9.17, 15) is 8.42 Å². The Morgan fingerprint density at radius 1 is 1.53 bits per heavy atom. The van der Waals surface area contributed by atoms with Crippen molar-refractivity contribution in [2.75, 3.05) is 11.9 Å². The van der Waals surface area contributed by atoms with Crippen LogP contribution in [0.4, 0.5) is 5.82 Å². The first kappa shape index (κ1) is 13.7. The molecule has 1 unspecified atom stereocenters. The third kappa shape index (κ3) is 2.99. The minimum atomic E-state index is -3.55. The van der Waals surface area contributed by atoms with Gasteiger partial charge in [-0.15, -0.1) is 0 Å². The van der Waals surface area contributed by atoms with Crippen LogP contribution in [-0.2, 0) is 16.4 Å². The second-order valence-electron chi connectivity index (χ2n) is 4.24.